The Labute approximate surface area is 125 Å². The first kappa shape index (κ1) is 14.3. The molecule has 0 amide bonds. The van der Waals surface area contributed by atoms with Gasteiger partial charge in [0.1, 0.15) is 5.82 Å². The number of aryl methyl sites for hydroxylation is 1. The number of para-hydroxylation sites is 1. The molecule has 1 aromatic heterocycles. The maximum atomic E-state index is 9.57. The highest BCUT2D eigenvalue weighted by molar-refractivity contribution is 5.35. The van der Waals surface area contributed by atoms with Crippen molar-refractivity contribution in [3.05, 3.63) is 48.0 Å². The van der Waals surface area contributed by atoms with Gasteiger partial charge in [0.15, 0.2) is 0 Å². The van der Waals surface area contributed by atoms with Gasteiger partial charge in [0.2, 0.25) is 0 Å². The van der Waals surface area contributed by atoms with Crippen molar-refractivity contribution < 1.29 is 5.11 Å². The zero-order valence-corrected chi connectivity index (χ0v) is 12.5. The van der Waals surface area contributed by atoms with E-state index in [-0.39, 0.29) is 6.10 Å². The molecular weight excluding hydrogens is 262 g/mol. The predicted molar refractivity (Wildman–Crippen MR) is 83.4 cm³/mol. The molecule has 4 heteroatoms. The maximum absolute atomic E-state index is 9.57. The Morgan fingerprint density at radius 1 is 1.29 bits per heavy atom. The van der Waals surface area contributed by atoms with E-state index in [4.69, 9.17) is 0 Å². The average molecular weight is 285 g/mol. The van der Waals surface area contributed by atoms with E-state index in [0.717, 1.165) is 43.9 Å². The van der Waals surface area contributed by atoms with Gasteiger partial charge >= 0.3 is 0 Å². The highest BCUT2D eigenvalue weighted by Crippen LogP contribution is 2.24. The lowest BCUT2D eigenvalue weighted by Gasteiger charge is -2.13. The molecule has 4 nitrogen and oxygen atoms in total. The highest BCUT2D eigenvalue weighted by atomic mass is 16.3. The van der Waals surface area contributed by atoms with Gasteiger partial charge in [-0.3, -0.25) is 4.57 Å². The fourth-order valence-electron chi connectivity index (χ4n) is 3.18. The van der Waals surface area contributed by atoms with Crippen LogP contribution in [0.15, 0.2) is 36.5 Å². The van der Waals surface area contributed by atoms with E-state index in [9.17, 15) is 5.11 Å². The summed E-state index contributed by atoms with van der Waals surface area (Å²) >= 11 is 0. The molecule has 1 saturated carbocycles. The topological polar surface area (TPSA) is 50.1 Å². The second-order valence-electron chi connectivity index (χ2n) is 5.93. The molecule has 0 saturated heterocycles. The zero-order valence-electron chi connectivity index (χ0n) is 12.5. The number of imidazole rings is 1. The van der Waals surface area contributed by atoms with Crippen LogP contribution in [0.5, 0.6) is 0 Å². The second kappa shape index (κ2) is 6.41. The van der Waals surface area contributed by atoms with E-state index in [1.807, 2.05) is 31.3 Å². The molecule has 1 fully saturated rings. The molecule has 1 aliphatic carbocycles. The number of nitrogens with zero attached hydrogens (tertiary/aromatic N) is 2. The van der Waals surface area contributed by atoms with Crippen LogP contribution >= 0.6 is 0 Å². The summed E-state index contributed by atoms with van der Waals surface area (Å²) in [6.45, 7) is 3.81. The molecular formula is C17H23N3O. The van der Waals surface area contributed by atoms with Gasteiger partial charge in [0.05, 0.1) is 18.0 Å². The molecule has 21 heavy (non-hydrogen) atoms. The van der Waals surface area contributed by atoms with E-state index in [2.05, 4.69) is 27.0 Å². The van der Waals surface area contributed by atoms with Crippen molar-refractivity contribution in [2.24, 2.45) is 5.92 Å². The lowest BCUT2D eigenvalue weighted by Crippen LogP contribution is -2.22. The summed E-state index contributed by atoms with van der Waals surface area (Å²) in [6.07, 6.45) is 4.87. The molecule has 2 unspecified atom stereocenters. The number of nitrogens with one attached hydrogen (secondary N) is 1. The lowest BCUT2D eigenvalue weighted by molar-refractivity contribution is 0.177. The SMILES string of the molecule is Cc1ncc(CNCC2CCC(O)C2)n1-c1ccccc1. The van der Waals surface area contributed by atoms with Gasteiger partial charge in [-0.1, -0.05) is 18.2 Å². The number of hydrogen-bond acceptors (Lipinski definition) is 3. The summed E-state index contributed by atoms with van der Waals surface area (Å²) in [7, 11) is 0. The fourth-order valence-corrected chi connectivity index (χ4v) is 3.18. The minimum absolute atomic E-state index is 0.0890. The van der Waals surface area contributed by atoms with Crippen LogP contribution < -0.4 is 5.32 Å². The quantitative estimate of drug-likeness (QED) is 0.887. The molecule has 1 aromatic carbocycles. The second-order valence-corrected chi connectivity index (χ2v) is 5.93. The molecule has 112 valence electrons. The van der Waals surface area contributed by atoms with E-state index in [1.54, 1.807) is 0 Å². The molecule has 3 rings (SSSR count). The largest absolute Gasteiger partial charge is 0.393 e. The van der Waals surface area contributed by atoms with Crippen molar-refractivity contribution in [1.29, 1.82) is 0 Å². The summed E-state index contributed by atoms with van der Waals surface area (Å²) in [6, 6.07) is 10.3. The van der Waals surface area contributed by atoms with Crippen molar-refractivity contribution in [3.8, 4) is 5.69 Å². The molecule has 1 aliphatic rings. The van der Waals surface area contributed by atoms with Crippen LogP contribution in [0, 0.1) is 12.8 Å². The third-order valence-electron chi connectivity index (χ3n) is 4.28. The lowest BCUT2D eigenvalue weighted by atomic mass is 10.1. The van der Waals surface area contributed by atoms with Crippen LogP contribution in [0.2, 0.25) is 0 Å². The van der Waals surface area contributed by atoms with Crippen LogP contribution in [0.25, 0.3) is 5.69 Å². The Balaban J connectivity index is 1.64. The monoisotopic (exact) mass is 285 g/mol. The van der Waals surface area contributed by atoms with Crippen LogP contribution in [0.4, 0.5) is 0 Å². The Kier molecular flexibility index (Phi) is 4.36. The Morgan fingerprint density at radius 3 is 2.81 bits per heavy atom. The maximum Gasteiger partial charge on any atom is 0.110 e. The van der Waals surface area contributed by atoms with Crippen LogP contribution in [0.3, 0.4) is 0 Å². The predicted octanol–water partition coefficient (Wildman–Crippen LogP) is 2.43. The average Bonchev–Trinajstić information content (AvgIpc) is 3.06. The smallest absolute Gasteiger partial charge is 0.110 e. The van der Waals surface area contributed by atoms with Gasteiger partial charge in [0.25, 0.3) is 0 Å². The number of benzene rings is 1. The summed E-state index contributed by atoms with van der Waals surface area (Å²) in [5.74, 6) is 1.61. The number of rotatable bonds is 5. The van der Waals surface area contributed by atoms with Crippen molar-refractivity contribution >= 4 is 0 Å². The van der Waals surface area contributed by atoms with Crippen LogP contribution in [-0.2, 0) is 6.54 Å². The van der Waals surface area contributed by atoms with Crippen LogP contribution in [0.1, 0.15) is 30.8 Å². The first-order chi connectivity index (χ1) is 10.2. The third-order valence-corrected chi connectivity index (χ3v) is 4.28. The fraction of sp³-hybridized carbons (Fsp3) is 0.471. The summed E-state index contributed by atoms with van der Waals surface area (Å²) in [4.78, 5) is 4.44. The van der Waals surface area contributed by atoms with E-state index in [1.165, 1.54) is 5.69 Å². The molecule has 0 aliphatic heterocycles. The molecule has 1 heterocycles. The van der Waals surface area contributed by atoms with Gasteiger partial charge in [-0.25, -0.2) is 4.98 Å². The number of aliphatic hydroxyl groups excluding tert-OH is 1. The van der Waals surface area contributed by atoms with E-state index >= 15 is 0 Å². The number of aliphatic hydroxyl groups is 1. The summed E-state index contributed by atoms with van der Waals surface area (Å²) in [5, 5.41) is 13.1. The van der Waals surface area contributed by atoms with Crippen LogP contribution in [-0.4, -0.2) is 27.3 Å². The highest BCUT2D eigenvalue weighted by Gasteiger charge is 2.22. The summed E-state index contributed by atoms with van der Waals surface area (Å²) < 4.78 is 2.19. The van der Waals surface area contributed by atoms with Crippen molar-refractivity contribution in [3.63, 3.8) is 0 Å². The number of hydrogen-bond donors (Lipinski definition) is 2. The Morgan fingerprint density at radius 2 is 2.10 bits per heavy atom. The van der Waals surface area contributed by atoms with Gasteiger partial charge in [-0.2, -0.15) is 0 Å². The van der Waals surface area contributed by atoms with Crippen molar-refractivity contribution in [1.82, 2.24) is 14.9 Å². The van der Waals surface area contributed by atoms with Crippen molar-refractivity contribution in [2.45, 2.75) is 38.8 Å². The standard InChI is InChI=1S/C17H23N3O/c1-13-19-12-16(20(13)15-5-3-2-4-6-15)11-18-10-14-7-8-17(21)9-14/h2-6,12,14,17-18,21H,7-11H2,1H3. The van der Waals surface area contributed by atoms with Gasteiger partial charge < -0.3 is 10.4 Å². The van der Waals surface area contributed by atoms with Gasteiger partial charge in [-0.15, -0.1) is 0 Å². The Bertz CT molecular complexity index is 579. The first-order valence-corrected chi connectivity index (χ1v) is 7.71. The van der Waals surface area contributed by atoms with E-state index in [0.29, 0.717) is 5.92 Å². The normalized spacial score (nSPS) is 21.8. The Hall–Kier alpha value is -1.65. The minimum atomic E-state index is -0.0890. The molecule has 2 aromatic rings. The third kappa shape index (κ3) is 3.34. The molecule has 2 atom stereocenters. The molecule has 0 radical (unpaired) electrons. The summed E-state index contributed by atoms with van der Waals surface area (Å²) in [5.41, 5.74) is 2.33. The molecule has 2 N–H and O–H groups in total. The number of aromatic nitrogens is 2. The van der Waals surface area contributed by atoms with Gasteiger partial charge in [-0.05, 0) is 50.8 Å². The zero-order chi connectivity index (χ0) is 14.7. The molecule has 0 bridgehead atoms. The molecule has 0 spiro atoms. The van der Waals surface area contributed by atoms with Crippen molar-refractivity contribution in [2.75, 3.05) is 6.54 Å². The van der Waals surface area contributed by atoms with Gasteiger partial charge in [0, 0.05) is 12.2 Å². The van der Waals surface area contributed by atoms with E-state index < -0.39 is 0 Å². The first-order valence-electron chi connectivity index (χ1n) is 7.71. The minimum Gasteiger partial charge on any atom is -0.393 e.